The lowest BCUT2D eigenvalue weighted by Gasteiger charge is -2.13. The summed E-state index contributed by atoms with van der Waals surface area (Å²) in [4.78, 5) is 5.40. The average molecular weight is 187 g/mol. The summed E-state index contributed by atoms with van der Waals surface area (Å²) >= 11 is 5.61. The number of nitrogens with zero attached hydrogens (tertiary/aromatic N) is 1. The second kappa shape index (κ2) is 5.22. The molecule has 1 aromatic heterocycles. The summed E-state index contributed by atoms with van der Waals surface area (Å²) in [6.45, 7) is 2.02. The van der Waals surface area contributed by atoms with Crippen LogP contribution in [0.15, 0.2) is 18.3 Å². The van der Waals surface area contributed by atoms with Crippen molar-refractivity contribution in [3.8, 4) is 0 Å². The van der Waals surface area contributed by atoms with Crippen LogP contribution in [0.5, 0.6) is 0 Å². The van der Waals surface area contributed by atoms with Crippen molar-refractivity contribution in [2.75, 3.05) is 26.0 Å². The Balaban J connectivity index is 2.17. The van der Waals surface area contributed by atoms with E-state index in [4.69, 9.17) is 11.6 Å². The van der Waals surface area contributed by atoms with Crippen LogP contribution in [0.2, 0.25) is 0 Å². The van der Waals surface area contributed by atoms with E-state index in [1.54, 1.807) is 0 Å². The van der Waals surface area contributed by atoms with E-state index in [0.717, 1.165) is 19.5 Å². The Morgan fingerprint density at radius 1 is 1.50 bits per heavy atom. The Hall–Kier alpha value is -0.470. The first-order valence-electron chi connectivity index (χ1n) is 4.19. The summed E-state index contributed by atoms with van der Waals surface area (Å²) in [5.41, 5.74) is 1.29. The molecule has 0 radical (unpaired) electrons. The Labute approximate surface area is 78.5 Å². The molecule has 1 rings (SSSR count). The Morgan fingerprint density at radius 3 is 2.92 bits per heavy atom. The van der Waals surface area contributed by atoms with Crippen molar-refractivity contribution in [2.24, 2.45) is 0 Å². The molecule has 12 heavy (non-hydrogen) atoms. The minimum atomic E-state index is 0.710. The maximum absolute atomic E-state index is 5.61. The average Bonchev–Trinajstić information content (AvgIpc) is 2.53. The van der Waals surface area contributed by atoms with Gasteiger partial charge >= 0.3 is 0 Å². The zero-order chi connectivity index (χ0) is 8.81. The molecule has 0 aliphatic carbocycles. The summed E-state index contributed by atoms with van der Waals surface area (Å²) in [5.74, 6) is 0.710. The molecule has 0 fully saturated rings. The summed E-state index contributed by atoms with van der Waals surface area (Å²) in [6, 6.07) is 4.13. The summed E-state index contributed by atoms with van der Waals surface area (Å²) in [5, 5.41) is 0. The monoisotopic (exact) mass is 186 g/mol. The number of rotatable bonds is 5. The minimum absolute atomic E-state index is 0.710. The van der Waals surface area contributed by atoms with Crippen molar-refractivity contribution in [3.05, 3.63) is 24.0 Å². The molecule has 1 N–H and O–H groups in total. The lowest BCUT2D eigenvalue weighted by atomic mass is 10.3. The second-order valence-corrected chi connectivity index (χ2v) is 3.32. The van der Waals surface area contributed by atoms with Gasteiger partial charge in [0.25, 0.3) is 0 Å². The smallest absolute Gasteiger partial charge is 0.0351 e. The molecule has 0 atom stereocenters. The molecular weight excluding hydrogens is 172 g/mol. The number of nitrogens with one attached hydrogen (secondary N) is 1. The Bertz CT molecular complexity index is 196. The normalized spacial score (nSPS) is 10.9. The number of alkyl halides is 1. The highest BCUT2D eigenvalue weighted by Gasteiger charge is 1.97. The largest absolute Gasteiger partial charge is 0.365 e. The molecule has 0 aliphatic heterocycles. The fourth-order valence-electron chi connectivity index (χ4n) is 1.09. The van der Waals surface area contributed by atoms with Gasteiger partial charge in [-0.2, -0.15) is 0 Å². The van der Waals surface area contributed by atoms with Gasteiger partial charge in [0.05, 0.1) is 0 Å². The first-order chi connectivity index (χ1) is 5.83. The summed E-state index contributed by atoms with van der Waals surface area (Å²) in [7, 11) is 2.09. The Kier molecular flexibility index (Phi) is 4.19. The molecule has 0 spiro atoms. The van der Waals surface area contributed by atoms with E-state index in [2.05, 4.69) is 23.0 Å². The van der Waals surface area contributed by atoms with E-state index in [9.17, 15) is 0 Å². The van der Waals surface area contributed by atoms with Crippen LogP contribution in [0, 0.1) is 0 Å². The van der Waals surface area contributed by atoms with Crippen LogP contribution in [-0.4, -0.2) is 35.9 Å². The topological polar surface area (TPSA) is 19.0 Å². The van der Waals surface area contributed by atoms with Gasteiger partial charge in [0.2, 0.25) is 0 Å². The summed E-state index contributed by atoms with van der Waals surface area (Å²) < 4.78 is 0. The first kappa shape index (κ1) is 9.62. The van der Waals surface area contributed by atoms with E-state index in [1.165, 1.54) is 5.69 Å². The molecule has 0 unspecified atom stereocenters. The van der Waals surface area contributed by atoms with Crippen LogP contribution < -0.4 is 0 Å². The second-order valence-electron chi connectivity index (χ2n) is 2.94. The van der Waals surface area contributed by atoms with Gasteiger partial charge in [-0.15, -0.1) is 11.6 Å². The molecule has 0 saturated heterocycles. The third kappa shape index (κ3) is 3.28. The first-order valence-corrected chi connectivity index (χ1v) is 4.73. The van der Waals surface area contributed by atoms with Gasteiger partial charge in [-0.25, -0.2) is 0 Å². The minimum Gasteiger partial charge on any atom is -0.365 e. The molecule has 1 aromatic rings. The molecule has 0 bridgehead atoms. The van der Waals surface area contributed by atoms with Crippen LogP contribution in [0.3, 0.4) is 0 Å². The lowest BCUT2D eigenvalue weighted by molar-refractivity contribution is 0.358. The van der Waals surface area contributed by atoms with Gasteiger partial charge in [0, 0.05) is 37.3 Å². The highest BCUT2D eigenvalue weighted by Crippen LogP contribution is 1.97. The van der Waals surface area contributed by atoms with Crippen LogP contribution in [0.4, 0.5) is 0 Å². The zero-order valence-electron chi connectivity index (χ0n) is 7.39. The molecule has 0 aliphatic rings. The molecule has 0 saturated carbocycles. The van der Waals surface area contributed by atoms with E-state index < -0.39 is 0 Å². The zero-order valence-corrected chi connectivity index (χ0v) is 8.14. The summed E-state index contributed by atoms with van der Waals surface area (Å²) in [6.07, 6.45) is 3.03. The van der Waals surface area contributed by atoms with Crippen molar-refractivity contribution < 1.29 is 0 Å². The molecule has 0 amide bonds. The van der Waals surface area contributed by atoms with Gasteiger partial charge < -0.3 is 9.88 Å². The fraction of sp³-hybridized carbons (Fsp3) is 0.556. The fourth-order valence-corrected chi connectivity index (χ4v) is 1.38. The van der Waals surface area contributed by atoms with E-state index in [1.807, 2.05) is 12.3 Å². The van der Waals surface area contributed by atoms with Crippen molar-refractivity contribution in [2.45, 2.75) is 6.42 Å². The Morgan fingerprint density at radius 2 is 2.33 bits per heavy atom. The highest BCUT2D eigenvalue weighted by atomic mass is 35.5. The van der Waals surface area contributed by atoms with Crippen LogP contribution >= 0.6 is 11.6 Å². The quantitative estimate of drug-likeness (QED) is 0.694. The van der Waals surface area contributed by atoms with Crippen LogP contribution in [-0.2, 0) is 6.42 Å². The maximum atomic E-state index is 5.61. The third-order valence-electron chi connectivity index (χ3n) is 1.89. The molecular formula is C9H15ClN2. The number of halogens is 1. The van der Waals surface area contributed by atoms with E-state index >= 15 is 0 Å². The van der Waals surface area contributed by atoms with Gasteiger partial charge in [-0.1, -0.05) is 0 Å². The molecule has 0 aromatic carbocycles. The standard InChI is InChI=1S/C9H15ClN2/c1-12(8-5-10)7-4-9-3-2-6-11-9/h2-3,6,11H,4-5,7-8H2,1H3. The SMILES string of the molecule is CN(CCCl)CCc1ccc[nH]1. The number of H-pyrrole nitrogens is 1. The number of likely N-dealkylation sites (N-methyl/N-ethyl adjacent to an activating group) is 1. The van der Waals surface area contributed by atoms with Crippen LogP contribution in [0.25, 0.3) is 0 Å². The molecule has 2 nitrogen and oxygen atoms in total. The number of aromatic amines is 1. The molecule has 3 heteroatoms. The third-order valence-corrected chi connectivity index (χ3v) is 2.06. The lowest BCUT2D eigenvalue weighted by Crippen LogP contribution is -2.23. The van der Waals surface area contributed by atoms with Crippen LogP contribution in [0.1, 0.15) is 5.69 Å². The predicted molar refractivity (Wildman–Crippen MR) is 52.7 cm³/mol. The van der Waals surface area contributed by atoms with E-state index in [0.29, 0.717) is 5.88 Å². The number of hydrogen-bond acceptors (Lipinski definition) is 1. The van der Waals surface area contributed by atoms with Crippen molar-refractivity contribution >= 4 is 11.6 Å². The predicted octanol–water partition coefficient (Wildman–Crippen LogP) is 1.73. The van der Waals surface area contributed by atoms with Gasteiger partial charge in [0.15, 0.2) is 0 Å². The van der Waals surface area contributed by atoms with Crippen molar-refractivity contribution in [1.82, 2.24) is 9.88 Å². The maximum Gasteiger partial charge on any atom is 0.0351 e. The van der Waals surface area contributed by atoms with Crippen molar-refractivity contribution in [3.63, 3.8) is 0 Å². The molecule has 68 valence electrons. The van der Waals surface area contributed by atoms with E-state index in [-0.39, 0.29) is 0 Å². The van der Waals surface area contributed by atoms with Crippen molar-refractivity contribution in [1.29, 1.82) is 0 Å². The molecule has 1 heterocycles. The highest BCUT2D eigenvalue weighted by molar-refractivity contribution is 6.18. The van der Waals surface area contributed by atoms with Gasteiger partial charge in [0.1, 0.15) is 0 Å². The van der Waals surface area contributed by atoms with Gasteiger partial charge in [-0.05, 0) is 19.2 Å². The number of aromatic nitrogens is 1. The number of hydrogen-bond donors (Lipinski definition) is 1. The van der Waals surface area contributed by atoms with Gasteiger partial charge in [-0.3, -0.25) is 0 Å².